The van der Waals surface area contributed by atoms with E-state index in [1.54, 1.807) is 24.9 Å². The first-order chi connectivity index (χ1) is 14.1. The minimum atomic E-state index is -0.549. The van der Waals surface area contributed by atoms with Crippen LogP contribution < -0.4 is 5.63 Å². The molecule has 0 aliphatic carbocycles. The Hall–Kier alpha value is -3.31. The molecule has 0 aliphatic rings. The van der Waals surface area contributed by atoms with Gasteiger partial charge in [0.25, 0.3) is 0 Å². The summed E-state index contributed by atoms with van der Waals surface area (Å²) in [5.41, 5.74) is 2.75. The molecule has 0 atom stereocenters. The molecule has 4 aromatic rings. The van der Waals surface area contributed by atoms with Gasteiger partial charge >= 0.3 is 5.63 Å². The summed E-state index contributed by atoms with van der Waals surface area (Å²) in [5, 5.41) is 11.6. The van der Waals surface area contributed by atoms with Gasteiger partial charge in [-0.2, -0.15) is 0 Å². The molecule has 2 aromatic heterocycles. The number of aromatic hydroxyl groups is 1. The molecular formula is C24H19NO3S. The molecule has 0 amide bonds. The highest BCUT2D eigenvalue weighted by Gasteiger charge is 2.22. The first-order valence-electron chi connectivity index (χ1n) is 9.19. The Bertz CT molecular complexity index is 1190. The number of benzene rings is 2. The Labute approximate surface area is 172 Å². The molecule has 0 radical (unpaired) electrons. The summed E-state index contributed by atoms with van der Waals surface area (Å²) in [6.45, 7) is 1.56. The van der Waals surface area contributed by atoms with Crippen LogP contribution in [0, 0.1) is 6.92 Å². The summed E-state index contributed by atoms with van der Waals surface area (Å²) < 4.78 is 5.63. The smallest absolute Gasteiger partial charge is 0.342 e. The summed E-state index contributed by atoms with van der Waals surface area (Å²) in [5.74, 6) is 1.00. The average molecular weight is 401 g/mol. The minimum Gasteiger partial charge on any atom is -0.507 e. The monoisotopic (exact) mass is 401 g/mol. The van der Waals surface area contributed by atoms with Gasteiger partial charge in [0.2, 0.25) is 0 Å². The van der Waals surface area contributed by atoms with Crippen LogP contribution in [0.25, 0.3) is 22.5 Å². The quantitative estimate of drug-likeness (QED) is 0.436. The van der Waals surface area contributed by atoms with Crippen molar-refractivity contribution in [3.8, 4) is 28.2 Å². The zero-order chi connectivity index (χ0) is 20.2. The number of hydrogen-bond donors (Lipinski definition) is 1. The highest BCUT2D eigenvalue weighted by atomic mass is 32.2. The lowest BCUT2D eigenvalue weighted by atomic mass is 9.99. The number of thioether (sulfide) groups is 1. The van der Waals surface area contributed by atoms with E-state index in [9.17, 15) is 9.90 Å². The summed E-state index contributed by atoms with van der Waals surface area (Å²) in [4.78, 5) is 16.8. The summed E-state index contributed by atoms with van der Waals surface area (Å²) in [7, 11) is 0. The Kier molecular flexibility index (Phi) is 5.49. The van der Waals surface area contributed by atoms with Crippen LogP contribution in [-0.4, -0.2) is 10.1 Å². The van der Waals surface area contributed by atoms with E-state index in [0.717, 1.165) is 21.9 Å². The van der Waals surface area contributed by atoms with Crippen LogP contribution >= 0.6 is 11.8 Å². The van der Waals surface area contributed by atoms with Gasteiger partial charge in [0.05, 0.1) is 11.1 Å². The van der Waals surface area contributed by atoms with Gasteiger partial charge in [0.1, 0.15) is 16.5 Å². The van der Waals surface area contributed by atoms with Gasteiger partial charge in [0, 0.05) is 23.1 Å². The second kappa shape index (κ2) is 8.37. The number of pyridine rings is 1. The Balaban J connectivity index is 1.85. The molecule has 0 unspecified atom stereocenters. The molecule has 0 spiro atoms. The van der Waals surface area contributed by atoms with Gasteiger partial charge in [-0.1, -0.05) is 60.7 Å². The molecule has 0 saturated carbocycles. The van der Waals surface area contributed by atoms with E-state index < -0.39 is 5.63 Å². The lowest BCUT2D eigenvalue weighted by Gasteiger charge is -2.14. The van der Waals surface area contributed by atoms with Gasteiger partial charge in [0.15, 0.2) is 0 Å². The molecule has 144 valence electrons. The van der Waals surface area contributed by atoms with Crippen molar-refractivity contribution in [2.75, 3.05) is 0 Å². The lowest BCUT2D eigenvalue weighted by molar-refractivity contribution is 0.448. The van der Waals surface area contributed by atoms with E-state index in [0.29, 0.717) is 11.3 Å². The van der Waals surface area contributed by atoms with Crippen molar-refractivity contribution in [2.24, 2.45) is 0 Å². The van der Waals surface area contributed by atoms with E-state index in [1.165, 1.54) is 5.56 Å². The van der Waals surface area contributed by atoms with Crippen LogP contribution in [0.4, 0.5) is 0 Å². The summed E-state index contributed by atoms with van der Waals surface area (Å²) in [6, 6.07) is 23.1. The predicted octanol–water partition coefficient (Wildman–Crippen LogP) is 5.68. The maximum Gasteiger partial charge on any atom is 0.342 e. The first kappa shape index (κ1) is 19.0. The van der Waals surface area contributed by atoms with Crippen LogP contribution in [-0.2, 0) is 5.75 Å². The zero-order valence-corrected chi connectivity index (χ0v) is 16.6. The number of rotatable bonds is 5. The van der Waals surface area contributed by atoms with Crippen molar-refractivity contribution in [2.45, 2.75) is 17.7 Å². The molecule has 1 N–H and O–H groups in total. The molecule has 0 aliphatic heterocycles. The predicted molar refractivity (Wildman–Crippen MR) is 116 cm³/mol. The van der Waals surface area contributed by atoms with Gasteiger partial charge in [-0.05, 0) is 24.6 Å². The first-order valence-corrected chi connectivity index (χ1v) is 10.2. The molecule has 29 heavy (non-hydrogen) atoms. The second-order valence-electron chi connectivity index (χ2n) is 6.56. The van der Waals surface area contributed by atoms with E-state index in [4.69, 9.17) is 4.42 Å². The van der Waals surface area contributed by atoms with Crippen molar-refractivity contribution in [3.63, 3.8) is 0 Å². The van der Waals surface area contributed by atoms with Crippen LogP contribution in [0.3, 0.4) is 0 Å². The fourth-order valence-corrected chi connectivity index (χ4v) is 4.03. The van der Waals surface area contributed by atoms with E-state index in [1.807, 2.05) is 60.7 Å². The Morgan fingerprint density at radius 2 is 1.66 bits per heavy atom. The number of aromatic nitrogens is 1. The second-order valence-corrected chi connectivity index (χ2v) is 7.53. The molecular weight excluding hydrogens is 382 g/mol. The van der Waals surface area contributed by atoms with Crippen molar-refractivity contribution < 1.29 is 9.52 Å². The summed E-state index contributed by atoms with van der Waals surface area (Å²) >= 11 is 1.58. The lowest BCUT2D eigenvalue weighted by Crippen LogP contribution is -2.06. The molecule has 0 saturated heterocycles. The van der Waals surface area contributed by atoms with Crippen molar-refractivity contribution in [1.82, 2.24) is 4.98 Å². The maximum absolute atomic E-state index is 12.3. The van der Waals surface area contributed by atoms with Crippen LogP contribution in [0.5, 0.6) is 5.75 Å². The number of hydrogen-bond acceptors (Lipinski definition) is 5. The fraction of sp³-hybridized carbons (Fsp3) is 0.0833. The Morgan fingerprint density at radius 3 is 2.38 bits per heavy atom. The van der Waals surface area contributed by atoms with Crippen molar-refractivity contribution >= 4 is 11.8 Å². The standard InChI is InChI=1S/C24H19NO3S/c1-16-21(26)20(22(28-24(16)27)18-11-6-3-7-12-18)19-13-8-14-25-23(19)29-15-17-9-4-2-5-10-17/h2-14,26H,15H2,1H3. The third-order valence-electron chi connectivity index (χ3n) is 4.61. The van der Waals surface area contributed by atoms with Crippen LogP contribution in [0.1, 0.15) is 11.1 Å². The maximum atomic E-state index is 12.3. The van der Waals surface area contributed by atoms with Gasteiger partial charge < -0.3 is 9.52 Å². The van der Waals surface area contributed by atoms with Crippen LogP contribution in [0.2, 0.25) is 0 Å². The fourth-order valence-electron chi connectivity index (χ4n) is 3.08. The number of nitrogens with zero attached hydrogens (tertiary/aromatic N) is 1. The summed E-state index contributed by atoms with van der Waals surface area (Å²) in [6.07, 6.45) is 1.72. The van der Waals surface area contributed by atoms with E-state index >= 15 is 0 Å². The third kappa shape index (κ3) is 3.96. The van der Waals surface area contributed by atoms with Crippen LogP contribution in [0.15, 0.2) is 93.2 Å². The van der Waals surface area contributed by atoms with Crippen molar-refractivity contribution in [3.05, 3.63) is 101 Å². The SMILES string of the molecule is Cc1c(O)c(-c2cccnc2SCc2ccccc2)c(-c2ccccc2)oc1=O. The zero-order valence-electron chi connectivity index (χ0n) is 15.8. The largest absolute Gasteiger partial charge is 0.507 e. The molecule has 0 fully saturated rings. The van der Waals surface area contributed by atoms with Gasteiger partial charge in [-0.25, -0.2) is 9.78 Å². The van der Waals surface area contributed by atoms with Gasteiger partial charge in [-0.3, -0.25) is 0 Å². The topological polar surface area (TPSA) is 63.3 Å². The third-order valence-corrected chi connectivity index (χ3v) is 5.69. The Morgan fingerprint density at radius 1 is 0.966 bits per heavy atom. The molecule has 0 bridgehead atoms. The highest BCUT2D eigenvalue weighted by Crippen LogP contribution is 2.42. The molecule has 4 rings (SSSR count). The molecule has 2 heterocycles. The molecule has 5 heteroatoms. The molecule has 2 aromatic carbocycles. The highest BCUT2D eigenvalue weighted by molar-refractivity contribution is 7.98. The van der Waals surface area contributed by atoms with Gasteiger partial charge in [-0.15, -0.1) is 11.8 Å². The van der Waals surface area contributed by atoms with E-state index in [-0.39, 0.29) is 11.3 Å². The molecule has 4 nitrogen and oxygen atoms in total. The normalized spacial score (nSPS) is 10.8. The minimum absolute atomic E-state index is 0.0744. The van der Waals surface area contributed by atoms with E-state index in [2.05, 4.69) is 17.1 Å². The average Bonchev–Trinajstić information content (AvgIpc) is 2.77. The van der Waals surface area contributed by atoms with Crippen molar-refractivity contribution in [1.29, 1.82) is 0 Å².